The molecule has 2 nitrogen and oxygen atoms in total. The van der Waals surface area contributed by atoms with Gasteiger partial charge in [-0.3, -0.25) is 9.59 Å². The van der Waals surface area contributed by atoms with Crippen LogP contribution in [0.5, 0.6) is 0 Å². The summed E-state index contributed by atoms with van der Waals surface area (Å²) in [5, 5.41) is 4.54. The molecule has 0 amide bonds. The summed E-state index contributed by atoms with van der Waals surface area (Å²) in [6, 6.07) is 25.4. The fourth-order valence-electron chi connectivity index (χ4n) is 3.34. The van der Waals surface area contributed by atoms with E-state index >= 15 is 0 Å². The molecule has 0 radical (unpaired) electrons. The molecule has 0 heterocycles. The molecule has 0 aliphatic heterocycles. The van der Waals surface area contributed by atoms with Crippen molar-refractivity contribution in [3.05, 3.63) is 94.5 Å². The Balaban J connectivity index is 1.53. The van der Waals surface area contributed by atoms with Crippen LogP contribution in [0, 0.1) is 0 Å². The number of carbonyl (C=O) groups is 2. The lowest BCUT2D eigenvalue weighted by Gasteiger charge is -2.07. The van der Waals surface area contributed by atoms with Crippen molar-refractivity contribution >= 4 is 49.0 Å². The Kier molecular flexibility index (Phi) is 4.87. The highest BCUT2D eigenvalue weighted by atomic mass is 79.9. The lowest BCUT2D eigenvalue weighted by atomic mass is 9.97. The molecule has 4 aromatic carbocycles. The number of carbonyl (C=O) groups excluding carboxylic acids is 2. The lowest BCUT2D eigenvalue weighted by Crippen LogP contribution is -2.05. The molecule has 0 aromatic heterocycles. The molecule has 4 rings (SSSR count). The van der Waals surface area contributed by atoms with Gasteiger partial charge >= 0.3 is 0 Å². The van der Waals surface area contributed by atoms with Gasteiger partial charge in [-0.15, -0.1) is 0 Å². The molecule has 4 aromatic rings. The zero-order valence-corrected chi connectivity index (χ0v) is 16.2. The minimum absolute atomic E-state index is 0.00415. The van der Waals surface area contributed by atoms with Gasteiger partial charge in [0.15, 0.2) is 11.6 Å². The van der Waals surface area contributed by atoms with Gasteiger partial charge in [-0.1, -0.05) is 76.6 Å². The normalized spacial score (nSPS) is 11.0. The van der Waals surface area contributed by atoms with E-state index in [9.17, 15) is 9.59 Å². The predicted octanol–water partition coefficient (Wildman–Crippen LogP) is 6.60. The quantitative estimate of drug-likeness (QED) is 0.271. The summed E-state index contributed by atoms with van der Waals surface area (Å²) in [4.78, 5) is 24.9. The molecule has 0 atom stereocenters. The van der Waals surface area contributed by atoms with Crippen molar-refractivity contribution in [2.75, 3.05) is 0 Å². The average Bonchev–Trinajstić information content (AvgIpc) is 2.71. The summed E-state index contributed by atoms with van der Waals surface area (Å²) in [7, 11) is 0. The molecule has 0 aliphatic rings. The van der Waals surface area contributed by atoms with Gasteiger partial charge in [0, 0.05) is 28.4 Å². The molecule has 0 spiro atoms. The van der Waals surface area contributed by atoms with Crippen LogP contribution in [0.25, 0.3) is 21.5 Å². The van der Waals surface area contributed by atoms with Gasteiger partial charge in [0.1, 0.15) is 0 Å². The van der Waals surface area contributed by atoms with Gasteiger partial charge in [0.2, 0.25) is 0 Å². The zero-order valence-electron chi connectivity index (χ0n) is 14.6. The summed E-state index contributed by atoms with van der Waals surface area (Å²) in [6.07, 6.45) is 0.435. The van der Waals surface area contributed by atoms with E-state index in [0.717, 1.165) is 15.2 Å². The Bertz CT molecular complexity index is 1160. The lowest BCUT2D eigenvalue weighted by molar-refractivity contribution is 0.0917. The number of hydrogen-bond donors (Lipinski definition) is 0. The van der Waals surface area contributed by atoms with Crippen LogP contribution in [0.4, 0.5) is 0 Å². The standard InChI is InChI=1S/C24H17BrO2/c25-20-10-7-17(8-11-20)23(26)13-14-24(27)19-9-12-22-18(15-19)6-5-16-3-1-2-4-21(16)22/h1-12,15H,13-14H2. The average molecular weight is 417 g/mol. The van der Waals surface area contributed by atoms with E-state index in [2.05, 4.69) is 34.1 Å². The summed E-state index contributed by atoms with van der Waals surface area (Å²) >= 11 is 3.36. The number of halogens is 1. The summed E-state index contributed by atoms with van der Waals surface area (Å²) < 4.78 is 0.929. The Morgan fingerprint density at radius 3 is 2.00 bits per heavy atom. The molecule has 0 saturated carbocycles. The number of fused-ring (bicyclic) bond motifs is 3. The molecule has 0 fully saturated rings. The predicted molar refractivity (Wildman–Crippen MR) is 113 cm³/mol. The maximum atomic E-state index is 12.6. The van der Waals surface area contributed by atoms with E-state index in [0.29, 0.717) is 11.1 Å². The van der Waals surface area contributed by atoms with Crippen molar-refractivity contribution in [2.45, 2.75) is 12.8 Å². The smallest absolute Gasteiger partial charge is 0.163 e. The molecular weight excluding hydrogens is 400 g/mol. The van der Waals surface area contributed by atoms with Crippen molar-refractivity contribution in [3.8, 4) is 0 Å². The Morgan fingerprint density at radius 1 is 0.630 bits per heavy atom. The molecule has 132 valence electrons. The van der Waals surface area contributed by atoms with E-state index in [4.69, 9.17) is 0 Å². The molecule has 0 N–H and O–H groups in total. The van der Waals surface area contributed by atoms with Crippen LogP contribution in [0.1, 0.15) is 33.6 Å². The van der Waals surface area contributed by atoms with Crippen LogP contribution in [0.2, 0.25) is 0 Å². The fraction of sp³-hybridized carbons (Fsp3) is 0.0833. The highest BCUT2D eigenvalue weighted by molar-refractivity contribution is 9.10. The second-order valence-corrected chi connectivity index (χ2v) is 7.49. The number of benzene rings is 4. The van der Waals surface area contributed by atoms with Gasteiger partial charge in [0.25, 0.3) is 0 Å². The number of rotatable bonds is 5. The highest BCUT2D eigenvalue weighted by Crippen LogP contribution is 2.26. The third kappa shape index (κ3) is 3.69. The van der Waals surface area contributed by atoms with Crippen LogP contribution < -0.4 is 0 Å². The maximum Gasteiger partial charge on any atom is 0.163 e. The van der Waals surface area contributed by atoms with Crippen LogP contribution in [-0.4, -0.2) is 11.6 Å². The van der Waals surface area contributed by atoms with Crippen LogP contribution in [0.15, 0.2) is 83.3 Å². The van der Waals surface area contributed by atoms with Crippen molar-refractivity contribution in [1.29, 1.82) is 0 Å². The second kappa shape index (κ2) is 7.45. The third-order valence-electron chi connectivity index (χ3n) is 4.81. The van der Waals surface area contributed by atoms with E-state index in [1.807, 2.05) is 48.5 Å². The van der Waals surface area contributed by atoms with Crippen molar-refractivity contribution in [3.63, 3.8) is 0 Å². The number of Topliss-reactive ketones (excluding diaryl/α,β-unsaturated/α-hetero) is 2. The zero-order chi connectivity index (χ0) is 18.8. The highest BCUT2D eigenvalue weighted by Gasteiger charge is 2.12. The minimum atomic E-state index is -0.0115. The van der Waals surface area contributed by atoms with E-state index in [1.165, 1.54) is 10.8 Å². The van der Waals surface area contributed by atoms with E-state index in [1.54, 1.807) is 12.1 Å². The SMILES string of the molecule is O=C(CCC(=O)c1ccc2c(ccc3ccccc32)c1)c1ccc(Br)cc1. The topological polar surface area (TPSA) is 34.1 Å². The maximum absolute atomic E-state index is 12.6. The van der Waals surface area contributed by atoms with Gasteiger partial charge in [-0.2, -0.15) is 0 Å². The molecular formula is C24H17BrO2. The van der Waals surface area contributed by atoms with Crippen molar-refractivity contribution < 1.29 is 9.59 Å². The Morgan fingerprint density at radius 2 is 1.22 bits per heavy atom. The number of hydrogen-bond acceptors (Lipinski definition) is 2. The van der Waals surface area contributed by atoms with Gasteiger partial charge in [-0.25, -0.2) is 0 Å². The molecule has 0 bridgehead atoms. The molecule has 0 aliphatic carbocycles. The van der Waals surface area contributed by atoms with Crippen LogP contribution in [-0.2, 0) is 0 Å². The summed E-state index contributed by atoms with van der Waals surface area (Å²) in [5.41, 5.74) is 1.29. The van der Waals surface area contributed by atoms with Gasteiger partial charge in [0.05, 0.1) is 0 Å². The third-order valence-corrected chi connectivity index (χ3v) is 5.34. The van der Waals surface area contributed by atoms with E-state index < -0.39 is 0 Å². The fourth-order valence-corrected chi connectivity index (χ4v) is 3.60. The van der Waals surface area contributed by atoms with Crippen LogP contribution in [0.3, 0.4) is 0 Å². The first kappa shape index (κ1) is 17.6. The molecule has 0 saturated heterocycles. The van der Waals surface area contributed by atoms with Crippen LogP contribution >= 0.6 is 15.9 Å². The monoisotopic (exact) mass is 416 g/mol. The van der Waals surface area contributed by atoms with Crippen molar-refractivity contribution in [2.24, 2.45) is 0 Å². The Labute approximate surface area is 166 Å². The second-order valence-electron chi connectivity index (χ2n) is 6.58. The van der Waals surface area contributed by atoms with Crippen molar-refractivity contribution in [1.82, 2.24) is 0 Å². The Hall–Kier alpha value is -2.78. The first-order valence-corrected chi connectivity index (χ1v) is 9.64. The van der Waals surface area contributed by atoms with E-state index in [-0.39, 0.29) is 24.4 Å². The first-order chi connectivity index (χ1) is 13.1. The summed E-state index contributed by atoms with van der Waals surface area (Å²) in [5.74, 6) is -0.0156. The molecule has 27 heavy (non-hydrogen) atoms. The van der Waals surface area contributed by atoms with Gasteiger partial charge in [-0.05, 0) is 39.7 Å². The number of ketones is 2. The minimum Gasteiger partial charge on any atom is -0.294 e. The summed E-state index contributed by atoms with van der Waals surface area (Å²) in [6.45, 7) is 0. The first-order valence-electron chi connectivity index (χ1n) is 8.85. The molecule has 3 heteroatoms. The largest absolute Gasteiger partial charge is 0.294 e. The van der Waals surface area contributed by atoms with Gasteiger partial charge < -0.3 is 0 Å². The molecule has 0 unspecified atom stereocenters.